The Hall–Kier alpha value is -1.30. The number of hydrogen-bond donors (Lipinski definition) is 1. The summed E-state index contributed by atoms with van der Waals surface area (Å²) in [6.45, 7) is 8.78. The normalized spacial score (nSPS) is 26.8. The number of amides is 2. The Kier molecular flexibility index (Phi) is 5.32. The van der Waals surface area contributed by atoms with Crippen LogP contribution in [0.3, 0.4) is 0 Å². The molecule has 0 unspecified atom stereocenters. The van der Waals surface area contributed by atoms with Crippen LogP contribution in [-0.4, -0.2) is 53.8 Å². The number of hydrogen-bond acceptors (Lipinski definition) is 4. The molecule has 6 nitrogen and oxygen atoms in total. The summed E-state index contributed by atoms with van der Waals surface area (Å²) in [6, 6.07) is -0.463. The summed E-state index contributed by atoms with van der Waals surface area (Å²) in [5, 5.41) is 3.00. The van der Waals surface area contributed by atoms with Crippen molar-refractivity contribution in [1.82, 2.24) is 10.2 Å². The lowest BCUT2D eigenvalue weighted by Gasteiger charge is -2.29. The molecule has 0 aromatic rings. The Balaban J connectivity index is 1.91. The molecule has 2 heterocycles. The van der Waals surface area contributed by atoms with Crippen LogP contribution in [0, 0.1) is 0 Å². The van der Waals surface area contributed by atoms with Crippen LogP contribution in [0.1, 0.15) is 53.4 Å². The van der Waals surface area contributed by atoms with Crippen molar-refractivity contribution in [3.63, 3.8) is 0 Å². The summed E-state index contributed by atoms with van der Waals surface area (Å²) in [4.78, 5) is 26.2. The second-order valence-electron chi connectivity index (χ2n) is 7.18. The van der Waals surface area contributed by atoms with Crippen molar-refractivity contribution in [3.05, 3.63) is 0 Å². The van der Waals surface area contributed by atoms with E-state index >= 15 is 0 Å². The fourth-order valence-electron chi connectivity index (χ4n) is 2.99. The van der Waals surface area contributed by atoms with Gasteiger partial charge in [-0.3, -0.25) is 9.69 Å². The summed E-state index contributed by atoms with van der Waals surface area (Å²) in [6.07, 6.45) is 3.20. The molecule has 1 N–H and O–H groups in total. The molecule has 2 amide bonds. The van der Waals surface area contributed by atoms with Gasteiger partial charge >= 0.3 is 6.09 Å². The highest BCUT2D eigenvalue weighted by Crippen LogP contribution is 2.22. The van der Waals surface area contributed by atoms with Gasteiger partial charge in [-0.05, 0) is 53.4 Å². The third kappa shape index (κ3) is 4.35. The molecule has 0 aliphatic carbocycles. The van der Waals surface area contributed by atoms with Crippen LogP contribution >= 0.6 is 0 Å². The van der Waals surface area contributed by atoms with Crippen molar-refractivity contribution in [3.8, 4) is 0 Å². The number of carbonyl (C=O) groups is 2. The number of nitrogens with zero attached hydrogens (tertiary/aromatic N) is 1. The van der Waals surface area contributed by atoms with Crippen LogP contribution in [0.15, 0.2) is 0 Å². The standard InChI is InChI=1S/C16H28N2O4/c1-11(13-8-6-10-21-13)17-14(19)12-7-5-9-18(12)15(20)22-16(2,3)4/h11-13H,5-10H2,1-4H3,(H,17,19)/t11-,12-,13-/m0/s1. The summed E-state index contributed by atoms with van der Waals surface area (Å²) >= 11 is 0. The maximum absolute atomic E-state index is 12.5. The molecule has 2 aliphatic rings. The Morgan fingerprint density at radius 1 is 1.27 bits per heavy atom. The molecule has 0 spiro atoms. The number of likely N-dealkylation sites (tertiary alicyclic amines) is 1. The van der Waals surface area contributed by atoms with Gasteiger partial charge in [-0.15, -0.1) is 0 Å². The largest absolute Gasteiger partial charge is 0.444 e. The molecule has 2 aliphatic heterocycles. The monoisotopic (exact) mass is 312 g/mol. The average Bonchev–Trinajstić information content (AvgIpc) is 3.08. The minimum Gasteiger partial charge on any atom is -0.444 e. The number of carbonyl (C=O) groups excluding carboxylic acids is 2. The lowest BCUT2D eigenvalue weighted by molar-refractivity contribution is -0.127. The number of ether oxygens (including phenoxy) is 2. The van der Waals surface area contributed by atoms with Gasteiger partial charge in [0, 0.05) is 13.2 Å². The van der Waals surface area contributed by atoms with Crippen LogP contribution in [0.2, 0.25) is 0 Å². The Morgan fingerprint density at radius 2 is 2.00 bits per heavy atom. The van der Waals surface area contributed by atoms with Gasteiger partial charge in [-0.25, -0.2) is 4.79 Å². The maximum atomic E-state index is 12.5. The van der Waals surface area contributed by atoms with Crippen LogP contribution in [0.25, 0.3) is 0 Å². The molecule has 3 atom stereocenters. The fourth-order valence-corrected chi connectivity index (χ4v) is 2.99. The molecule has 2 rings (SSSR count). The summed E-state index contributed by atoms with van der Waals surface area (Å²) in [5.74, 6) is -0.105. The molecule has 6 heteroatoms. The third-order valence-corrected chi connectivity index (χ3v) is 4.08. The first-order chi connectivity index (χ1) is 10.3. The minimum atomic E-state index is -0.550. The van der Waals surface area contributed by atoms with E-state index in [-0.39, 0.29) is 18.1 Å². The van der Waals surface area contributed by atoms with Gasteiger partial charge in [0.1, 0.15) is 11.6 Å². The molecule has 0 radical (unpaired) electrons. The highest BCUT2D eigenvalue weighted by molar-refractivity contribution is 5.86. The zero-order chi connectivity index (χ0) is 16.3. The van der Waals surface area contributed by atoms with Gasteiger partial charge in [-0.2, -0.15) is 0 Å². The lowest BCUT2D eigenvalue weighted by Crippen LogP contribution is -2.51. The van der Waals surface area contributed by atoms with Gasteiger partial charge in [-0.1, -0.05) is 0 Å². The predicted octanol–water partition coefficient (Wildman–Crippen LogP) is 2.07. The zero-order valence-corrected chi connectivity index (χ0v) is 14.1. The summed E-state index contributed by atoms with van der Waals surface area (Å²) in [5.41, 5.74) is -0.550. The van der Waals surface area contributed by atoms with Crippen molar-refractivity contribution in [2.24, 2.45) is 0 Å². The van der Waals surface area contributed by atoms with E-state index in [2.05, 4.69) is 5.32 Å². The predicted molar refractivity (Wildman–Crippen MR) is 82.5 cm³/mol. The fraction of sp³-hybridized carbons (Fsp3) is 0.875. The van der Waals surface area contributed by atoms with Crippen molar-refractivity contribution in [2.45, 2.75) is 77.2 Å². The van der Waals surface area contributed by atoms with Crippen molar-refractivity contribution < 1.29 is 19.1 Å². The van der Waals surface area contributed by atoms with Crippen LogP contribution in [-0.2, 0) is 14.3 Å². The lowest BCUT2D eigenvalue weighted by atomic mass is 10.1. The third-order valence-electron chi connectivity index (χ3n) is 4.08. The molecule has 0 bridgehead atoms. The quantitative estimate of drug-likeness (QED) is 0.866. The SMILES string of the molecule is C[C@H](NC(=O)[C@@H]1CCCN1C(=O)OC(C)(C)C)[C@@H]1CCCO1. The molecule has 2 saturated heterocycles. The number of nitrogens with one attached hydrogen (secondary N) is 1. The topological polar surface area (TPSA) is 67.9 Å². The molecule has 0 saturated carbocycles. The van der Waals surface area contributed by atoms with Gasteiger partial charge in [0.15, 0.2) is 0 Å². The zero-order valence-electron chi connectivity index (χ0n) is 14.1. The average molecular weight is 312 g/mol. The second-order valence-corrected chi connectivity index (χ2v) is 7.18. The highest BCUT2D eigenvalue weighted by atomic mass is 16.6. The van der Waals surface area contributed by atoms with Crippen LogP contribution < -0.4 is 5.32 Å². The first-order valence-electron chi connectivity index (χ1n) is 8.19. The van der Waals surface area contributed by atoms with Crippen LogP contribution in [0.4, 0.5) is 4.79 Å². The second kappa shape index (κ2) is 6.86. The van der Waals surface area contributed by atoms with Crippen LogP contribution in [0.5, 0.6) is 0 Å². The molecule has 22 heavy (non-hydrogen) atoms. The van der Waals surface area contributed by atoms with Gasteiger partial charge in [0.2, 0.25) is 5.91 Å². The Morgan fingerprint density at radius 3 is 2.59 bits per heavy atom. The molecular weight excluding hydrogens is 284 g/mol. The minimum absolute atomic E-state index is 0.0314. The van der Waals surface area contributed by atoms with E-state index < -0.39 is 17.7 Å². The van der Waals surface area contributed by atoms with E-state index in [1.54, 1.807) is 4.90 Å². The first-order valence-corrected chi connectivity index (χ1v) is 8.19. The van der Waals surface area contributed by atoms with Gasteiger partial charge in [0.25, 0.3) is 0 Å². The molecular formula is C16H28N2O4. The highest BCUT2D eigenvalue weighted by Gasteiger charge is 2.37. The van der Waals surface area contributed by atoms with E-state index in [9.17, 15) is 9.59 Å². The van der Waals surface area contributed by atoms with E-state index in [1.165, 1.54) is 0 Å². The Bertz CT molecular complexity index is 413. The van der Waals surface area contributed by atoms with E-state index in [1.807, 2.05) is 27.7 Å². The van der Waals surface area contributed by atoms with E-state index in [0.717, 1.165) is 25.9 Å². The summed E-state index contributed by atoms with van der Waals surface area (Å²) < 4.78 is 11.0. The molecule has 0 aromatic heterocycles. The smallest absolute Gasteiger partial charge is 0.410 e. The van der Waals surface area contributed by atoms with Gasteiger partial charge < -0.3 is 14.8 Å². The molecule has 126 valence electrons. The molecule has 2 fully saturated rings. The Labute approximate surface area is 132 Å². The van der Waals surface area contributed by atoms with Crippen molar-refractivity contribution >= 4 is 12.0 Å². The van der Waals surface area contributed by atoms with Crippen molar-refractivity contribution in [1.29, 1.82) is 0 Å². The maximum Gasteiger partial charge on any atom is 0.410 e. The van der Waals surface area contributed by atoms with Crippen molar-refractivity contribution in [2.75, 3.05) is 13.2 Å². The number of rotatable bonds is 3. The van der Waals surface area contributed by atoms with E-state index in [0.29, 0.717) is 13.0 Å². The molecule has 0 aromatic carbocycles. The van der Waals surface area contributed by atoms with E-state index in [4.69, 9.17) is 9.47 Å². The first kappa shape index (κ1) is 17.1. The summed E-state index contributed by atoms with van der Waals surface area (Å²) in [7, 11) is 0. The van der Waals surface area contributed by atoms with Gasteiger partial charge in [0.05, 0.1) is 12.1 Å².